The van der Waals surface area contributed by atoms with Gasteiger partial charge in [0.05, 0.1) is 12.7 Å². The Morgan fingerprint density at radius 2 is 2.40 bits per heavy atom. The molecule has 1 saturated heterocycles. The van der Waals surface area contributed by atoms with Crippen LogP contribution in [-0.4, -0.2) is 62.0 Å². The van der Waals surface area contributed by atoms with Crippen molar-refractivity contribution >= 4 is 0 Å². The third kappa shape index (κ3) is 4.47. The lowest BCUT2D eigenvalue weighted by atomic mass is 10.2. The third-order valence-corrected chi connectivity index (χ3v) is 3.07. The quantitative estimate of drug-likeness (QED) is 0.632. The summed E-state index contributed by atoms with van der Waals surface area (Å²) < 4.78 is 5.32. The molecule has 1 aliphatic heterocycles. The van der Waals surface area contributed by atoms with Crippen molar-refractivity contribution in [2.24, 2.45) is 0 Å². The Morgan fingerprint density at radius 1 is 1.60 bits per heavy atom. The number of ether oxygens (including phenoxy) is 1. The fraction of sp³-hybridized carbons (Fsp3) is 1.00. The minimum Gasteiger partial charge on any atom is -0.395 e. The molecule has 15 heavy (non-hydrogen) atoms. The molecule has 0 aromatic carbocycles. The van der Waals surface area contributed by atoms with Gasteiger partial charge in [0.15, 0.2) is 0 Å². The highest BCUT2D eigenvalue weighted by Crippen LogP contribution is 2.12. The van der Waals surface area contributed by atoms with E-state index in [1.165, 1.54) is 0 Å². The second-order valence-electron chi connectivity index (χ2n) is 4.17. The van der Waals surface area contributed by atoms with Gasteiger partial charge in [-0.1, -0.05) is 6.92 Å². The molecule has 4 heteroatoms. The summed E-state index contributed by atoms with van der Waals surface area (Å²) in [5.74, 6) is 0. The van der Waals surface area contributed by atoms with Gasteiger partial charge in [0, 0.05) is 26.2 Å². The van der Waals surface area contributed by atoms with E-state index in [1.807, 2.05) is 0 Å². The molecule has 90 valence electrons. The summed E-state index contributed by atoms with van der Waals surface area (Å²) in [5, 5.41) is 12.4. The minimum absolute atomic E-state index is 0.232. The van der Waals surface area contributed by atoms with Crippen molar-refractivity contribution in [2.75, 3.05) is 39.9 Å². The number of methoxy groups -OCH3 is 1. The molecule has 0 spiro atoms. The Morgan fingerprint density at radius 3 is 2.93 bits per heavy atom. The number of rotatable bonds is 7. The Bertz CT molecular complexity index is 167. The van der Waals surface area contributed by atoms with Gasteiger partial charge in [0.25, 0.3) is 0 Å². The zero-order valence-corrected chi connectivity index (χ0v) is 9.91. The van der Waals surface area contributed by atoms with Crippen molar-refractivity contribution in [1.82, 2.24) is 10.2 Å². The van der Waals surface area contributed by atoms with Crippen molar-refractivity contribution in [1.29, 1.82) is 0 Å². The predicted molar refractivity (Wildman–Crippen MR) is 61.0 cm³/mol. The van der Waals surface area contributed by atoms with Crippen LogP contribution in [0.5, 0.6) is 0 Å². The Labute approximate surface area is 92.6 Å². The van der Waals surface area contributed by atoms with Crippen molar-refractivity contribution in [2.45, 2.75) is 31.9 Å². The molecular formula is C11H24N2O2. The minimum atomic E-state index is 0.232. The zero-order chi connectivity index (χ0) is 11.1. The molecule has 2 N–H and O–H groups in total. The topological polar surface area (TPSA) is 44.7 Å². The molecule has 0 radical (unpaired) electrons. The van der Waals surface area contributed by atoms with Crippen LogP contribution >= 0.6 is 0 Å². The third-order valence-electron chi connectivity index (χ3n) is 3.07. The average Bonchev–Trinajstić information content (AvgIpc) is 2.72. The van der Waals surface area contributed by atoms with Gasteiger partial charge in [-0.2, -0.15) is 0 Å². The fourth-order valence-corrected chi connectivity index (χ4v) is 2.08. The number of hydrogen-bond acceptors (Lipinski definition) is 4. The summed E-state index contributed by atoms with van der Waals surface area (Å²) in [6.07, 6.45) is 2.57. The van der Waals surface area contributed by atoms with Crippen LogP contribution in [0.25, 0.3) is 0 Å². The molecule has 1 rings (SSSR count). The molecule has 1 fully saturated rings. The number of likely N-dealkylation sites (tertiary alicyclic amines) is 1. The molecular weight excluding hydrogens is 192 g/mol. The number of nitrogens with zero attached hydrogens (tertiary/aromatic N) is 1. The van der Waals surface area contributed by atoms with E-state index in [0.29, 0.717) is 6.10 Å². The maximum atomic E-state index is 9.12. The van der Waals surface area contributed by atoms with Crippen LogP contribution in [0.4, 0.5) is 0 Å². The van der Waals surface area contributed by atoms with Crippen molar-refractivity contribution in [3.05, 3.63) is 0 Å². The van der Waals surface area contributed by atoms with Crippen LogP contribution in [0.2, 0.25) is 0 Å². The standard InChI is InChI=1S/C11H24N2O2/c1-3-12-10(9-14)4-6-13-7-5-11(8-13)15-2/h10-12,14H,3-9H2,1-2H3. The van der Waals surface area contributed by atoms with Crippen molar-refractivity contribution < 1.29 is 9.84 Å². The van der Waals surface area contributed by atoms with E-state index in [9.17, 15) is 0 Å². The van der Waals surface area contributed by atoms with Gasteiger partial charge in [0.2, 0.25) is 0 Å². The molecule has 0 aromatic rings. The number of hydrogen-bond donors (Lipinski definition) is 2. The smallest absolute Gasteiger partial charge is 0.0710 e. The lowest BCUT2D eigenvalue weighted by molar-refractivity contribution is 0.107. The highest BCUT2D eigenvalue weighted by Gasteiger charge is 2.22. The first-order valence-electron chi connectivity index (χ1n) is 5.89. The SMILES string of the molecule is CCNC(CO)CCN1CCC(OC)C1. The van der Waals surface area contributed by atoms with Crippen LogP contribution in [0.1, 0.15) is 19.8 Å². The van der Waals surface area contributed by atoms with E-state index in [0.717, 1.165) is 39.0 Å². The lowest BCUT2D eigenvalue weighted by Gasteiger charge is -2.20. The second-order valence-corrected chi connectivity index (χ2v) is 4.17. The predicted octanol–water partition coefficient (Wildman–Crippen LogP) is 0.0676. The van der Waals surface area contributed by atoms with Crippen molar-refractivity contribution in [3.63, 3.8) is 0 Å². The zero-order valence-electron chi connectivity index (χ0n) is 9.91. The van der Waals surface area contributed by atoms with Gasteiger partial charge in [-0.15, -0.1) is 0 Å². The van der Waals surface area contributed by atoms with Crippen LogP contribution in [0.15, 0.2) is 0 Å². The molecule has 0 saturated carbocycles. The number of nitrogens with one attached hydrogen (secondary N) is 1. The molecule has 0 aliphatic carbocycles. The first-order valence-corrected chi connectivity index (χ1v) is 5.89. The normalized spacial score (nSPS) is 24.6. The Kier molecular flexibility index (Phi) is 6.17. The molecule has 1 heterocycles. The second kappa shape index (κ2) is 7.17. The number of likely N-dealkylation sites (N-methyl/N-ethyl adjacent to an activating group) is 1. The lowest BCUT2D eigenvalue weighted by Crippen LogP contribution is -2.36. The summed E-state index contributed by atoms with van der Waals surface area (Å²) in [6, 6.07) is 0.247. The monoisotopic (exact) mass is 216 g/mol. The molecule has 0 amide bonds. The maximum absolute atomic E-state index is 9.12. The van der Waals surface area contributed by atoms with Crippen LogP contribution in [0.3, 0.4) is 0 Å². The van der Waals surface area contributed by atoms with Gasteiger partial charge in [0.1, 0.15) is 0 Å². The molecule has 0 aromatic heterocycles. The van der Waals surface area contributed by atoms with Gasteiger partial charge in [-0.05, 0) is 25.9 Å². The van der Waals surface area contributed by atoms with E-state index in [2.05, 4.69) is 17.1 Å². The summed E-state index contributed by atoms with van der Waals surface area (Å²) in [7, 11) is 1.78. The average molecular weight is 216 g/mol. The van der Waals surface area contributed by atoms with Crippen molar-refractivity contribution in [3.8, 4) is 0 Å². The first kappa shape index (κ1) is 12.9. The summed E-state index contributed by atoms with van der Waals surface area (Å²) in [6.45, 7) is 6.45. The fourth-order valence-electron chi connectivity index (χ4n) is 2.08. The van der Waals surface area contributed by atoms with E-state index in [1.54, 1.807) is 7.11 Å². The van der Waals surface area contributed by atoms with Crippen LogP contribution < -0.4 is 5.32 Å². The summed E-state index contributed by atoms with van der Waals surface area (Å²) in [4.78, 5) is 2.41. The Hall–Kier alpha value is -0.160. The highest BCUT2D eigenvalue weighted by atomic mass is 16.5. The molecule has 4 nitrogen and oxygen atoms in total. The molecule has 1 aliphatic rings. The largest absolute Gasteiger partial charge is 0.395 e. The van der Waals surface area contributed by atoms with Gasteiger partial charge in [-0.25, -0.2) is 0 Å². The van der Waals surface area contributed by atoms with E-state index >= 15 is 0 Å². The Balaban J connectivity index is 2.13. The molecule has 2 unspecified atom stereocenters. The highest BCUT2D eigenvalue weighted by molar-refractivity contribution is 4.77. The molecule has 0 bridgehead atoms. The summed E-state index contributed by atoms with van der Waals surface area (Å²) in [5.41, 5.74) is 0. The van der Waals surface area contributed by atoms with Crippen LogP contribution in [0, 0.1) is 0 Å². The summed E-state index contributed by atoms with van der Waals surface area (Å²) >= 11 is 0. The van der Waals surface area contributed by atoms with Crippen LogP contribution in [-0.2, 0) is 4.74 Å². The van der Waals surface area contributed by atoms with E-state index < -0.39 is 0 Å². The van der Waals surface area contributed by atoms with Gasteiger partial charge < -0.3 is 20.1 Å². The van der Waals surface area contributed by atoms with Gasteiger partial charge in [-0.3, -0.25) is 0 Å². The van der Waals surface area contributed by atoms with E-state index in [-0.39, 0.29) is 12.6 Å². The number of aliphatic hydroxyl groups is 1. The maximum Gasteiger partial charge on any atom is 0.0710 e. The molecule has 2 atom stereocenters. The van der Waals surface area contributed by atoms with Gasteiger partial charge >= 0.3 is 0 Å². The number of aliphatic hydroxyl groups excluding tert-OH is 1. The van der Waals surface area contributed by atoms with E-state index in [4.69, 9.17) is 9.84 Å². The first-order chi connectivity index (χ1) is 7.30.